The maximum Gasteiger partial charge on any atom is 0.472 e. The Bertz CT molecular complexity index is 2250. The van der Waals surface area contributed by atoms with Crippen LogP contribution < -0.4 is 0 Å². The van der Waals surface area contributed by atoms with Gasteiger partial charge in [-0.1, -0.05) is 240 Å². The maximum atomic E-state index is 13.1. The molecule has 0 fully saturated rings. The van der Waals surface area contributed by atoms with Crippen LogP contribution in [0.5, 0.6) is 0 Å². The van der Waals surface area contributed by atoms with Crippen molar-refractivity contribution in [1.82, 2.24) is 0 Å². The van der Waals surface area contributed by atoms with Crippen LogP contribution in [0.25, 0.3) is 0 Å². The van der Waals surface area contributed by atoms with Gasteiger partial charge in [-0.2, -0.15) is 0 Å². The molecule has 0 aromatic carbocycles. The molecule has 0 radical (unpaired) electrons. The second kappa shape index (κ2) is 69.2. The van der Waals surface area contributed by atoms with Crippen molar-refractivity contribution >= 4 is 39.5 Å². The molecule has 17 nitrogen and oxygen atoms in total. The highest BCUT2D eigenvalue weighted by atomic mass is 31.2. The number of hydrogen-bond acceptors (Lipinski definition) is 15. The molecule has 0 aliphatic carbocycles. The Balaban J connectivity index is 5.35. The highest BCUT2D eigenvalue weighted by Crippen LogP contribution is 2.45. The zero-order chi connectivity index (χ0) is 70.4. The summed E-state index contributed by atoms with van der Waals surface area (Å²) in [7, 11) is -9.96. The lowest BCUT2D eigenvalue weighted by Crippen LogP contribution is -2.30. The van der Waals surface area contributed by atoms with Gasteiger partial charge in [-0.25, -0.2) is 9.13 Å². The second-order valence-corrected chi connectivity index (χ2v) is 27.4. The van der Waals surface area contributed by atoms with Gasteiger partial charge in [0.2, 0.25) is 0 Å². The minimum absolute atomic E-state index is 0.0779. The number of hydrogen-bond donors (Lipinski definition) is 3. The van der Waals surface area contributed by atoms with Crippen LogP contribution in [0.2, 0.25) is 0 Å². The molecule has 0 aliphatic heterocycles. The Hall–Kier alpha value is -4.28. The fraction of sp³-hybridized carbons (Fsp3) is 0.714. The standard InChI is InChI=1S/C77H132O17P2/c1-5-9-13-17-21-25-29-32-34-35-37-40-43-46-50-54-58-62-75(80)88-68-73(94-77(82)64-60-56-52-48-44-38-31-27-23-19-15-11-7-3)70-92-96(85,86)90-66-71(78)65-89-95(83,84)91-69-72(93-76(81)63-59-55-51-47-41-28-24-20-16-12-8-4)67-87-74(79)61-57-53-49-45-42-39-36-33-30-26-22-18-14-10-6-2/h9-10,13-14,20-22,24-27,31-34,36-37,40,71-73,78H,5-8,11-12,15-19,23,28-30,35,38-39,41-70H2,1-4H3,(H,83,84)(H,85,86)/b13-9-,14-10-,24-20-,25-21-,26-22-,31-27-,34-32-,36-33-,40-37-. The van der Waals surface area contributed by atoms with Gasteiger partial charge < -0.3 is 33.8 Å². The molecule has 5 unspecified atom stereocenters. The molecule has 0 aliphatic rings. The number of rotatable bonds is 69. The number of aliphatic hydroxyl groups excluding tert-OH is 1. The second-order valence-electron chi connectivity index (χ2n) is 24.5. The van der Waals surface area contributed by atoms with Crippen molar-refractivity contribution in [3.63, 3.8) is 0 Å². The van der Waals surface area contributed by atoms with Gasteiger partial charge in [0.1, 0.15) is 19.3 Å². The third-order valence-electron chi connectivity index (χ3n) is 15.2. The number of aliphatic hydroxyl groups is 1. The van der Waals surface area contributed by atoms with Gasteiger partial charge in [0.15, 0.2) is 12.2 Å². The first-order valence-electron chi connectivity index (χ1n) is 37.1. The minimum Gasteiger partial charge on any atom is -0.462 e. The summed E-state index contributed by atoms with van der Waals surface area (Å²) in [5.41, 5.74) is 0. The molecule has 96 heavy (non-hydrogen) atoms. The van der Waals surface area contributed by atoms with E-state index in [1.54, 1.807) is 0 Å². The first kappa shape index (κ1) is 91.7. The quantitative estimate of drug-likeness (QED) is 0.0169. The Labute approximate surface area is 581 Å². The van der Waals surface area contributed by atoms with Crippen molar-refractivity contribution in [2.75, 3.05) is 39.6 Å². The minimum atomic E-state index is -4.98. The highest BCUT2D eigenvalue weighted by Gasteiger charge is 2.30. The summed E-state index contributed by atoms with van der Waals surface area (Å²) >= 11 is 0. The Morgan fingerprint density at radius 3 is 0.875 bits per heavy atom. The van der Waals surface area contributed by atoms with Crippen LogP contribution in [0.1, 0.15) is 297 Å². The first-order valence-corrected chi connectivity index (χ1v) is 40.1. The molecular formula is C77H132O17P2. The number of allylic oxidation sites excluding steroid dienone is 18. The van der Waals surface area contributed by atoms with E-state index >= 15 is 0 Å². The number of carbonyl (C=O) groups excluding carboxylic acids is 4. The SMILES string of the molecule is CC/C=C\C/C=C\C/C=C\C/C=C\CCCCCCC(=O)OCC(COP(=O)(O)OCC(O)COP(=O)(O)OCC(COC(=O)CCCCCCC/C=C\C/C=C\C/C=C\CC)OC(=O)CCCCCCC/C=C\CCCC)OC(=O)CCCCCCC/C=C\CCCCCC. The molecule has 0 spiro atoms. The fourth-order valence-electron chi connectivity index (χ4n) is 9.55. The van der Waals surface area contributed by atoms with Gasteiger partial charge in [0.05, 0.1) is 26.4 Å². The summed E-state index contributed by atoms with van der Waals surface area (Å²) in [6.07, 6.45) is 72.3. The maximum absolute atomic E-state index is 13.1. The lowest BCUT2D eigenvalue weighted by atomic mass is 10.1. The molecule has 19 heteroatoms. The van der Waals surface area contributed by atoms with E-state index in [9.17, 15) is 43.2 Å². The van der Waals surface area contributed by atoms with Crippen LogP contribution in [0, 0.1) is 0 Å². The first-order chi connectivity index (χ1) is 46.7. The smallest absolute Gasteiger partial charge is 0.462 e. The zero-order valence-electron chi connectivity index (χ0n) is 60.0. The predicted molar refractivity (Wildman–Crippen MR) is 390 cm³/mol. The molecule has 3 N–H and O–H groups in total. The van der Waals surface area contributed by atoms with E-state index in [1.807, 2.05) is 0 Å². The average Bonchev–Trinajstić information content (AvgIpc) is 1.17. The van der Waals surface area contributed by atoms with E-state index < -0.39 is 97.5 Å². The number of esters is 4. The van der Waals surface area contributed by atoms with Crippen molar-refractivity contribution in [3.8, 4) is 0 Å². The zero-order valence-corrected chi connectivity index (χ0v) is 61.8. The average molecular weight is 1390 g/mol. The van der Waals surface area contributed by atoms with Gasteiger partial charge >= 0.3 is 39.5 Å². The van der Waals surface area contributed by atoms with Gasteiger partial charge in [0.25, 0.3) is 0 Å². The molecule has 0 heterocycles. The molecule has 0 rings (SSSR count). The van der Waals surface area contributed by atoms with Crippen LogP contribution in [0.15, 0.2) is 109 Å². The van der Waals surface area contributed by atoms with Crippen LogP contribution in [0.4, 0.5) is 0 Å². The van der Waals surface area contributed by atoms with Gasteiger partial charge in [-0.3, -0.25) is 37.3 Å². The van der Waals surface area contributed by atoms with E-state index in [4.69, 9.17) is 37.0 Å². The molecule has 0 saturated carbocycles. The van der Waals surface area contributed by atoms with Gasteiger partial charge in [0, 0.05) is 25.7 Å². The van der Waals surface area contributed by atoms with Crippen molar-refractivity contribution in [1.29, 1.82) is 0 Å². The van der Waals surface area contributed by atoms with E-state index in [0.717, 1.165) is 180 Å². The van der Waals surface area contributed by atoms with E-state index in [2.05, 4.69) is 137 Å². The summed E-state index contributed by atoms with van der Waals surface area (Å²) < 4.78 is 68.3. The number of unbranched alkanes of at least 4 members (excludes halogenated alkanes) is 25. The topological polar surface area (TPSA) is 237 Å². The van der Waals surface area contributed by atoms with Gasteiger partial charge in [-0.15, -0.1) is 0 Å². The molecule has 0 saturated heterocycles. The number of phosphoric ester groups is 2. The highest BCUT2D eigenvalue weighted by molar-refractivity contribution is 7.47. The summed E-state index contributed by atoms with van der Waals surface area (Å²) in [6, 6.07) is 0. The van der Waals surface area contributed by atoms with Crippen molar-refractivity contribution in [2.45, 2.75) is 316 Å². The molecule has 5 atom stereocenters. The Morgan fingerprint density at radius 2 is 0.552 bits per heavy atom. The molecular weight excluding hydrogens is 1260 g/mol. The number of carbonyl (C=O) groups is 4. The molecule has 552 valence electrons. The fourth-order valence-corrected chi connectivity index (χ4v) is 11.1. The Morgan fingerprint density at radius 1 is 0.302 bits per heavy atom. The largest absolute Gasteiger partial charge is 0.472 e. The summed E-state index contributed by atoms with van der Waals surface area (Å²) in [5, 5.41) is 10.6. The normalized spacial score (nSPS) is 14.6. The van der Waals surface area contributed by atoms with E-state index in [0.29, 0.717) is 25.7 Å². The van der Waals surface area contributed by atoms with Crippen LogP contribution in [-0.4, -0.2) is 96.7 Å². The van der Waals surface area contributed by atoms with Crippen molar-refractivity contribution in [2.24, 2.45) is 0 Å². The van der Waals surface area contributed by atoms with Crippen molar-refractivity contribution in [3.05, 3.63) is 109 Å². The molecule has 0 amide bonds. The summed E-state index contributed by atoms with van der Waals surface area (Å²) in [6.45, 7) is 4.52. The van der Waals surface area contributed by atoms with Crippen LogP contribution in [-0.2, 0) is 65.4 Å². The van der Waals surface area contributed by atoms with E-state index in [1.165, 1.54) is 38.5 Å². The monoisotopic (exact) mass is 1390 g/mol. The summed E-state index contributed by atoms with van der Waals surface area (Å²) in [4.78, 5) is 72.7. The summed E-state index contributed by atoms with van der Waals surface area (Å²) in [5.74, 6) is -2.24. The number of ether oxygens (including phenoxy) is 4. The van der Waals surface area contributed by atoms with E-state index in [-0.39, 0.29) is 25.7 Å². The molecule has 0 aromatic heterocycles. The molecule has 0 bridgehead atoms. The third-order valence-corrected chi connectivity index (χ3v) is 17.1. The number of phosphoric acid groups is 2. The third kappa shape index (κ3) is 68.3. The van der Waals surface area contributed by atoms with Crippen molar-refractivity contribution < 1.29 is 80.2 Å². The lowest BCUT2D eigenvalue weighted by Gasteiger charge is -2.21. The molecule has 0 aromatic rings. The predicted octanol–water partition coefficient (Wildman–Crippen LogP) is 21.0. The lowest BCUT2D eigenvalue weighted by molar-refractivity contribution is -0.161. The van der Waals surface area contributed by atoms with Gasteiger partial charge in [-0.05, 0) is 141 Å². The van der Waals surface area contributed by atoms with Crippen LogP contribution in [0.3, 0.4) is 0 Å². The van der Waals surface area contributed by atoms with Crippen LogP contribution >= 0.6 is 15.6 Å². The Kier molecular flexibility index (Phi) is 66.1.